The summed E-state index contributed by atoms with van der Waals surface area (Å²) >= 11 is 0. The van der Waals surface area contributed by atoms with Crippen molar-refractivity contribution in [2.75, 3.05) is 11.9 Å². The third kappa shape index (κ3) is 3.87. The maximum atomic E-state index is 12.8. The summed E-state index contributed by atoms with van der Waals surface area (Å²) in [6.45, 7) is 8.21. The van der Waals surface area contributed by atoms with Crippen molar-refractivity contribution >= 4 is 11.6 Å². The van der Waals surface area contributed by atoms with E-state index in [0.29, 0.717) is 17.9 Å². The minimum absolute atomic E-state index is 0.0547. The van der Waals surface area contributed by atoms with Gasteiger partial charge < -0.3 is 14.2 Å². The Morgan fingerprint density at radius 1 is 1.07 bits per heavy atom. The molecule has 1 aromatic heterocycles. The molecule has 140 valence electrons. The Bertz CT molecular complexity index is 939. The largest absolute Gasteiger partial charge is 0.489 e. The van der Waals surface area contributed by atoms with E-state index >= 15 is 0 Å². The minimum atomic E-state index is -0.0547. The Hall–Kier alpha value is -3.08. The van der Waals surface area contributed by atoms with Gasteiger partial charge in [0.25, 0.3) is 5.91 Å². The summed E-state index contributed by atoms with van der Waals surface area (Å²) in [6.07, 6.45) is 0. The molecule has 3 rings (SSSR count). The van der Waals surface area contributed by atoms with Gasteiger partial charge in [0.15, 0.2) is 0 Å². The van der Waals surface area contributed by atoms with E-state index in [4.69, 9.17) is 9.26 Å². The minimum Gasteiger partial charge on any atom is -0.489 e. The lowest BCUT2D eigenvalue weighted by atomic mass is 10.1. The number of carbonyl (C=O) groups is 1. The van der Waals surface area contributed by atoms with Crippen molar-refractivity contribution in [1.29, 1.82) is 0 Å². The fraction of sp³-hybridized carbons (Fsp3) is 0.273. The quantitative estimate of drug-likeness (QED) is 0.655. The van der Waals surface area contributed by atoms with E-state index in [1.807, 2.05) is 58.0 Å². The molecule has 0 aliphatic rings. The monoisotopic (exact) mass is 364 g/mol. The first-order valence-corrected chi connectivity index (χ1v) is 8.87. The molecule has 0 radical (unpaired) electrons. The zero-order valence-electron chi connectivity index (χ0n) is 16.4. The lowest BCUT2D eigenvalue weighted by Crippen LogP contribution is -2.27. The molecule has 0 aliphatic carbocycles. The predicted molar refractivity (Wildman–Crippen MR) is 105 cm³/mol. The molecule has 2 aromatic carbocycles. The van der Waals surface area contributed by atoms with Gasteiger partial charge in [0.1, 0.15) is 18.1 Å². The number of hydrogen-bond acceptors (Lipinski definition) is 4. The van der Waals surface area contributed by atoms with Gasteiger partial charge in [-0.25, -0.2) is 0 Å². The van der Waals surface area contributed by atoms with Crippen LogP contribution in [0.25, 0.3) is 0 Å². The van der Waals surface area contributed by atoms with E-state index in [0.717, 1.165) is 33.8 Å². The normalized spacial score (nSPS) is 10.7. The van der Waals surface area contributed by atoms with Crippen LogP contribution in [-0.2, 0) is 6.61 Å². The Kier molecular flexibility index (Phi) is 5.31. The zero-order chi connectivity index (χ0) is 19.6. The van der Waals surface area contributed by atoms with Crippen LogP contribution in [0.5, 0.6) is 5.75 Å². The fourth-order valence-corrected chi connectivity index (χ4v) is 2.96. The van der Waals surface area contributed by atoms with E-state index in [9.17, 15) is 4.79 Å². The highest BCUT2D eigenvalue weighted by Crippen LogP contribution is 2.24. The van der Waals surface area contributed by atoms with Gasteiger partial charge in [0, 0.05) is 18.3 Å². The van der Waals surface area contributed by atoms with Gasteiger partial charge in [0.2, 0.25) is 0 Å². The van der Waals surface area contributed by atoms with Crippen molar-refractivity contribution in [3.8, 4) is 5.75 Å². The van der Waals surface area contributed by atoms with E-state index in [1.165, 1.54) is 0 Å². The van der Waals surface area contributed by atoms with E-state index in [1.54, 1.807) is 24.1 Å². The first-order chi connectivity index (χ1) is 12.9. The van der Waals surface area contributed by atoms with Gasteiger partial charge in [-0.2, -0.15) is 0 Å². The van der Waals surface area contributed by atoms with Gasteiger partial charge in [-0.3, -0.25) is 4.79 Å². The summed E-state index contributed by atoms with van der Waals surface area (Å²) in [7, 11) is 1.80. The summed E-state index contributed by atoms with van der Waals surface area (Å²) in [5.74, 6) is 1.40. The number of amides is 1. The molecule has 0 aliphatic heterocycles. The lowest BCUT2D eigenvalue weighted by Gasteiger charge is -2.21. The predicted octanol–water partition coefficient (Wildman–Crippen LogP) is 4.76. The van der Waals surface area contributed by atoms with Crippen LogP contribution in [0.15, 0.2) is 47.0 Å². The number of hydrogen-bond donors (Lipinski definition) is 0. The van der Waals surface area contributed by atoms with Crippen molar-refractivity contribution in [1.82, 2.24) is 5.16 Å². The molecule has 1 heterocycles. The van der Waals surface area contributed by atoms with Gasteiger partial charge >= 0.3 is 0 Å². The zero-order valence-corrected chi connectivity index (χ0v) is 16.4. The van der Waals surface area contributed by atoms with Gasteiger partial charge in [-0.15, -0.1) is 0 Å². The number of aromatic nitrogens is 1. The van der Waals surface area contributed by atoms with Crippen molar-refractivity contribution < 1.29 is 14.1 Å². The van der Waals surface area contributed by atoms with Crippen LogP contribution in [0.2, 0.25) is 0 Å². The van der Waals surface area contributed by atoms with Crippen LogP contribution in [0.3, 0.4) is 0 Å². The number of ether oxygens (including phenoxy) is 1. The first-order valence-electron chi connectivity index (χ1n) is 8.87. The molecular formula is C22H24N2O3. The number of carbonyl (C=O) groups excluding carboxylic acids is 1. The van der Waals surface area contributed by atoms with E-state index in [-0.39, 0.29) is 5.91 Å². The molecule has 5 nitrogen and oxygen atoms in total. The lowest BCUT2D eigenvalue weighted by molar-refractivity contribution is 0.0993. The highest BCUT2D eigenvalue weighted by Gasteiger charge is 2.16. The second-order valence-corrected chi connectivity index (χ2v) is 6.70. The smallest absolute Gasteiger partial charge is 0.258 e. The molecule has 0 N–H and O–H groups in total. The van der Waals surface area contributed by atoms with Gasteiger partial charge in [-0.1, -0.05) is 17.3 Å². The fourth-order valence-electron chi connectivity index (χ4n) is 2.96. The molecule has 0 fully saturated rings. The summed E-state index contributed by atoms with van der Waals surface area (Å²) < 4.78 is 10.9. The number of benzene rings is 2. The molecule has 0 bridgehead atoms. The maximum Gasteiger partial charge on any atom is 0.258 e. The Labute approximate surface area is 159 Å². The molecule has 3 aromatic rings. The van der Waals surface area contributed by atoms with Crippen LogP contribution < -0.4 is 9.64 Å². The molecule has 5 heteroatoms. The molecule has 1 amide bonds. The summed E-state index contributed by atoms with van der Waals surface area (Å²) in [4.78, 5) is 14.5. The molecular weight excluding hydrogens is 340 g/mol. The standard InChI is InChI=1S/C22H24N2O3/c1-14-7-6-8-21(15(14)2)24(5)22(25)18-9-11-19(12-10-18)26-13-20-16(3)23-27-17(20)4/h6-12H,13H2,1-5H3. The number of aryl methyl sites for hydroxylation is 3. The van der Waals surface area contributed by atoms with Gasteiger partial charge in [0.05, 0.1) is 11.3 Å². The first kappa shape index (κ1) is 18.7. The number of nitrogens with zero attached hydrogens (tertiary/aromatic N) is 2. The van der Waals surface area contributed by atoms with Crippen molar-refractivity contribution in [2.45, 2.75) is 34.3 Å². The van der Waals surface area contributed by atoms with Gasteiger partial charge in [-0.05, 0) is 69.2 Å². The number of rotatable bonds is 5. The Morgan fingerprint density at radius 3 is 2.41 bits per heavy atom. The van der Waals surface area contributed by atoms with E-state index in [2.05, 4.69) is 5.16 Å². The highest BCUT2D eigenvalue weighted by atomic mass is 16.5. The number of anilines is 1. The van der Waals surface area contributed by atoms with Crippen molar-refractivity contribution in [3.05, 3.63) is 76.2 Å². The van der Waals surface area contributed by atoms with Crippen LogP contribution in [0.1, 0.15) is 38.5 Å². The molecule has 0 saturated heterocycles. The average Bonchev–Trinajstić information content (AvgIpc) is 2.99. The molecule has 0 saturated carbocycles. The Morgan fingerprint density at radius 2 is 1.78 bits per heavy atom. The topological polar surface area (TPSA) is 55.6 Å². The third-order valence-corrected chi connectivity index (χ3v) is 4.91. The Balaban J connectivity index is 1.71. The molecule has 0 atom stereocenters. The maximum absolute atomic E-state index is 12.8. The second-order valence-electron chi connectivity index (χ2n) is 6.70. The molecule has 0 spiro atoms. The summed E-state index contributed by atoms with van der Waals surface area (Å²) in [5, 5.41) is 3.92. The third-order valence-electron chi connectivity index (χ3n) is 4.91. The van der Waals surface area contributed by atoms with Crippen LogP contribution >= 0.6 is 0 Å². The average molecular weight is 364 g/mol. The molecule has 0 unspecified atom stereocenters. The summed E-state index contributed by atoms with van der Waals surface area (Å²) in [6, 6.07) is 13.2. The van der Waals surface area contributed by atoms with Crippen LogP contribution in [-0.4, -0.2) is 18.1 Å². The second kappa shape index (κ2) is 7.66. The van der Waals surface area contributed by atoms with E-state index < -0.39 is 0 Å². The van der Waals surface area contributed by atoms with Crippen LogP contribution in [0, 0.1) is 27.7 Å². The molecule has 27 heavy (non-hydrogen) atoms. The van der Waals surface area contributed by atoms with Crippen LogP contribution in [0.4, 0.5) is 5.69 Å². The highest BCUT2D eigenvalue weighted by molar-refractivity contribution is 6.06. The summed E-state index contributed by atoms with van der Waals surface area (Å²) in [5.41, 5.74) is 5.57. The SMILES string of the molecule is Cc1cccc(N(C)C(=O)c2ccc(OCc3c(C)noc3C)cc2)c1C. The van der Waals surface area contributed by atoms with Crippen molar-refractivity contribution in [2.24, 2.45) is 0 Å². The van der Waals surface area contributed by atoms with Crippen molar-refractivity contribution in [3.63, 3.8) is 0 Å².